The maximum absolute atomic E-state index is 11.4. The molecule has 4 N–H and O–H groups in total. The average molecular weight is 295 g/mol. The molecule has 0 aliphatic heterocycles. The van der Waals surface area contributed by atoms with E-state index in [2.05, 4.69) is 21.2 Å². The Morgan fingerprint density at radius 3 is 2.44 bits per heavy atom. The van der Waals surface area contributed by atoms with Gasteiger partial charge in [0.2, 0.25) is 5.91 Å². The number of aliphatic carboxylic acids is 1. The summed E-state index contributed by atoms with van der Waals surface area (Å²) in [4.78, 5) is 21.8. The summed E-state index contributed by atoms with van der Waals surface area (Å²) in [7, 11) is 0. The Morgan fingerprint density at radius 1 is 1.44 bits per heavy atom. The number of hydrogen-bond donors (Lipinski definition) is 3. The monoisotopic (exact) mass is 294 g/mol. The van der Waals surface area contributed by atoms with Crippen molar-refractivity contribution in [1.82, 2.24) is 5.32 Å². The van der Waals surface area contributed by atoms with E-state index in [-0.39, 0.29) is 5.91 Å². The molecule has 0 saturated carbocycles. The second-order valence-electron chi connectivity index (χ2n) is 4.17. The van der Waals surface area contributed by atoms with Crippen molar-refractivity contribution in [1.29, 1.82) is 0 Å². The molecule has 1 atom stereocenters. The van der Waals surface area contributed by atoms with Gasteiger partial charge in [-0.05, 0) is 33.1 Å². The Balaban J connectivity index is 3.55. The number of hydrogen-bond acceptors (Lipinski definition) is 3. The minimum atomic E-state index is -0.981. The number of amides is 1. The van der Waals surface area contributed by atoms with Crippen LogP contribution in [0.15, 0.2) is 0 Å². The van der Waals surface area contributed by atoms with Gasteiger partial charge in [-0.25, -0.2) is 0 Å². The number of alkyl halides is 1. The number of carboxylic acid groups (broad SMARTS) is 1. The Morgan fingerprint density at radius 2 is 2.00 bits per heavy atom. The fourth-order valence-electron chi connectivity index (χ4n) is 1.02. The Bertz CT molecular complexity index is 251. The lowest BCUT2D eigenvalue weighted by atomic mass is 10.1. The zero-order chi connectivity index (χ0) is 12.8. The SMILES string of the molecule is CC(C)(Br)C(=O)NCCCCC(N)C(=O)O. The number of nitrogens with one attached hydrogen (secondary N) is 1. The van der Waals surface area contributed by atoms with E-state index in [0.717, 1.165) is 6.42 Å². The van der Waals surface area contributed by atoms with Crippen LogP contribution in [0.1, 0.15) is 33.1 Å². The lowest BCUT2D eigenvalue weighted by Gasteiger charge is -2.15. The van der Waals surface area contributed by atoms with Gasteiger partial charge in [-0.1, -0.05) is 15.9 Å². The summed E-state index contributed by atoms with van der Waals surface area (Å²) < 4.78 is -0.565. The Kier molecular flexibility index (Phi) is 6.59. The van der Waals surface area contributed by atoms with Crippen LogP contribution in [0.2, 0.25) is 0 Å². The van der Waals surface area contributed by atoms with Gasteiger partial charge < -0.3 is 16.2 Å². The summed E-state index contributed by atoms with van der Waals surface area (Å²) in [5, 5.41) is 11.3. The molecule has 0 aliphatic rings. The number of nitrogens with two attached hydrogens (primary N) is 1. The minimum absolute atomic E-state index is 0.0740. The number of halogens is 1. The highest BCUT2D eigenvalue weighted by molar-refractivity contribution is 9.10. The van der Waals surface area contributed by atoms with Crippen molar-refractivity contribution in [2.75, 3.05) is 6.54 Å². The third-order valence-corrected chi connectivity index (χ3v) is 2.44. The third-order valence-electron chi connectivity index (χ3n) is 2.08. The van der Waals surface area contributed by atoms with Crippen LogP contribution < -0.4 is 11.1 Å². The summed E-state index contributed by atoms with van der Waals surface area (Å²) in [6.07, 6.45) is 1.86. The minimum Gasteiger partial charge on any atom is -0.480 e. The molecule has 1 amide bonds. The smallest absolute Gasteiger partial charge is 0.320 e. The first-order chi connectivity index (χ1) is 7.25. The van der Waals surface area contributed by atoms with Gasteiger partial charge in [0.05, 0.1) is 4.32 Å². The first-order valence-corrected chi connectivity index (χ1v) is 6.00. The van der Waals surface area contributed by atoms with Crippen LogP contribution in [-0.4, -0.2) is 33.9 Å². The van der Waals surface area contributed by atoms with Crippen LogP contribution in [0.25, 0.3) is 0 Å². The molecule has 0 aromatic rings. The highest BCUT2D eigenvalue weighted by Crippen LogP contribution is 2.15. The van der Waals surface area contributed by atoms with E-state index in [1.807, 2.05) is 0 Å². The summed E-state index contributed by atoms with van der Waals surface area (Å²) in [6, 6.07) is -0.802. The molecule has 0 saturated heterocycles. The summed E-state index contributed by atoms with van der Waals surface area (Å²) in [6.45, 7) is 4.07. The fourth-order valence-corrected chi connectivity index (χ4v) is 1.17. The molecule has 16 heavy (non-hydrogen) atoms. The van der Waals surface area contributed by atoms with Gasteiger partial charge >= 0.3 is 5.97 Å². The number of unbranched alkanes of at least 4 members (excludes halogenated alkanes) is 1. The van der Waals surface area contributed by atoms with Crippen LogP contribution >= 0.6 is 15.9 Å². The first kappa shape index (κ1) is 15.4. The van der Waals surface area contributed by atoms with Gasteiger partial charge in [-0.2, -0.15) is 0 Å². The number of rotatable bonds is 7. The molecule has 0 aromatic heterocycles. The van der Waals surface area contributed by atoms with E-state index < -0.39 is 16.3 Å². The van der Waals surface area contributed by atoms with Gasteiger partial charge in [-0.15, -0.1) is 0 Å². The summed E-state index contributed by atoms with van der Waals surface area (Å²) >= 11 is 3.25. The van der Waals surface area contributed by atoms with E-state index in [1.54, 1.807) is 13.8 Å². The summed E-state index contributed by atoms with van der Waals surface area (Å²) in [5.41, 5.74) is 5.33. The van der Waals surface area contributed by atoms with Gasteiger partial charge in [0.15, 0.2) is 0 Å². The van der Waals surface area contributed by atoms with Gasteiger partial charge in [0, 0.05) is 6.54 Å². The highest BCUT2D eigenvalue weighted by atomic mass is 79.9. The second-order valence-corrected chi connectivity index (χ2v) is 6.15. The van der Waals surface area contributed by atoms with E-state index in [1.165, 1.54) is 0 Å². The zero-order valence-corrected chi connectivity index (χ0v) is 11.2. The second kappa shape index (κ2) is 6.85. The molecule has 5 nitrogen and oxygen atoms in total. The molecular formula is C10H19BrN2O3. The summed E-state index contributed by atoms with van der Waals surface area (Å²) in [5.74, 6) is -1.05. The molecule has 0 spiro atoms. The largest absolute Gasteiger partial charge is 0.480 e. The molecule has 0 bridgehead atoms. The van der Waals surface area contributed by atoms with Crippen LogP contribution in [0.3, 0.4) is 0 Å². The molecule has 0 fully saturated rings. The molecule has 1 unspecified atom stereocenters. The van der Waals surface area contributed by atoms with E-state index in [9.17, 15) is 9.59 Å². The molecule has 0 radical (unpaired) electrons. The fraction of sp³-hybridized carbons (Fsp3) is 0.800. The normalized spacial score (nSPS) is 13.2. The molecule has 0 heterocycles. The lowest BCUT2D eigenvalue weighted by Crippen LogP contribution is -2.38. The van der Waals surface area contributed by atoms with Crippen molar-refractivity contribution in [3.05, 3.63) is 0 Å². The van der Waals surface area contributed by atoms with Crippen molar-refractivity contribution in [2.24, 2.45) is 5.73 Å². The molecular weight excluding hydrogens is 276 g/mol. The van der Waals surface area contributed by atoms with Crippen molar-refractivity contribution in [3.8, 4) is 0 Å². The van der Waals surface area contributed by atoms with Crippen LogP contribution in [0.4, 0.5) is 0 Å². The maximum atomic E-state index is 11.4. The molecule has 6 heteroatoms. The van der Waals surface area contributed by atoms with Crippen molar-refractivity contribution >= 4 is 27.8 Å². The van der Waals surface area contributed by atoms with E-state index >= 15 is 0 Å². The highest BCUT2D eigenvalue weighted by Gasteiger charge is 2.22. The number of carboxylic acids is 1. The van der Waals surface area contributed by atoms with Crippen molar-refractivity contribution < 1.29 is 14.7 Å². The molecule has 0 aromatic carbocycles. The standard InChI is InChI=1S/C10H19BrN2O3/c1-10(2,11)9(16)13-6-4-3-5-7(12)8(14)15/h7H,3-6,12H2,1-2H3,(H,13,16)(H,14,15). The Labute approximate surface area is 104 Å². The van der Waals surface area contributed by atoms with Gasteiger partial charge in [0.1, 0.15) is 6.04 Å². The van der Waals surface area contributed by atoms with Crippen molar-refractivity contribution in [2.45, 2.75) is 43.5 Å². The molecule has 0 rings (SSSR count). The maximum Gasteiger partial charge on any atom is 0.320 e. The molecule has 0 aliphatic carbocycles. The predicted octanol–water partition coefficient (Wildman–Crippen LogP) is 0.858. The Hall–Kier alpha value is -0.620. The number of carbonyl (C=O) groups is 2. The first-order valence-electron chi connectivity index (χ1n) is 5.20. The van der Waals surface area contributed by atoms with Gasteiger partial charge in [-0.3, -0.25) is 9.59 Å². The zero-order valence-electron chi connectivity index (χ0n) is 9.62. The third kappa shape index (κ3) is 6.79. The van der Waals surface area contributed by atoms with Crippen molar-refractivity contribution in [3.63, 3.8) is 0 Å². The van der Waals surface area contributed by atoms with Gasteiger partial charge in [0.25, 0.3) is 0 Å². The van der Waals surface area contributed by atoms with Crippen LogP contribution in [-0.2, 0) is 9.59 Å². The van der Waals surface area contributed by atoms with Crippen LogP contribution in [0.5, 0.6) is 0 Å². The van der Waals surface area contributed by atoms with E-state index in [4.69, 9.17) is 10.8 Å². The predicted molar refractivity (Wildman–Crippen MR) is 65.5 cm³/mol. The quantitative estimate of drug-likeness (QED) is 0.480. The lowest BCUT2D eigenvalue weighted by molar-refractivity contribution is -0.138. The van der Waals surface area contributed by atoms with E-state index in [0.29, 0.717) is 19.4 Å². The van der Waals surface area contributed by atoms with Crippen LogP contribution in [0, 0.1) is 0 Å². The topological polar surface area (TPSA) is 92.4 Å². The number of carbonyl (C=O) groups excluding carboxylic acids is 1. The average Bonchev–Trinajstić information content (AvgIpc) is 2.14. The molecule has 94 valence electrons.